The first-order chi connectivity index (χ1) is 6.16. The van der Waals surface area contributed by atoms with Gasteiger partial charge in [0.15, 0.2) is 0 Å². The minimum Gasteiger partial charge on any atom is -0.393 e. The fourth-order valence-corrected chi connectivity index (χ4v) is 1.72. The standard InChI is InChI=1S/C8H12BrN3O/c1-5(13)4-7-10-8(9)11-12(7)6-2-3-6/h5-6,13H,2-4H2,1H3. The zero-order valence-electron chi connectivity index (χ0n) is 7.44. The molecule has 1 atom stereocenters. The van der Waals surface area contributed by atoms with Crippen LogP contribution in [0.2, 0.25) is 0 Å². The summed E-state index contributed by atoms with van der Waals surface area (Å²) in [6.45, 7) is 1.76. The first-order valence-corrected chi connectivity index (χ1v) is 5.25. The Morgan fingerprint density at radius 3 is 2.92 bits per heavy atom. The average Bonchev–Trinajstić information content (AvgIpc) is 2.77. The molecule has 0 spiro atoms. The number of aliphatic hydroxyl groups is 1. The smallest absolute Gasteiger partial charge is 0.217 e. The lowest BCUT2D eigenvalue weighted by molar-refractivity contribution is 0.191. The molecule has 1 heterocycles. The maximum Gasteiger partial charge on any atom is 0.217 e. The summed E-state index contributed by atoms with van der Waals surface area (Å²) < 4.78 is 2.55. The third kappa shape index (κ3) is 2.08. The molecule has 1 aromatic heterocycles. The minimum atomic E-state index is -0.353. The van der Waals surface area contributed by atoms with Crippen molar-refractivity contribution in [2.45, 2.75) is 38.3 Å². The quantitative estimate of drug-likeness (QED) is 0.874. The summed E-state index contributed by atoms with van der Waals surface area (Å²) in [7, 11) is 0. The molecular weight excluding hydrogens is 234 g/mol. The molecule has 2 rings (SSSR count). The van der Waals surface area contributed by atoms with Gasteiger partial charge in [-0.05, 0) is 35.7 Å². The molecule has 1 aliphatic rings. The van der Waals surface area contributed by atoms with Gasteiger partial charge >= 0.3 is 0 Å². The van der Waals surface area contributed by atoms with Crippen LogP contribution in [-0.2, 0) is 6.42 Å². The molecule has 13 heavy (non-hydrogen) atoms. The van der Waals surface area contributed by atoms with Crippen molar-refractivity contribution < 1.29 is 5.11 Å². The van der Waals surface area contributed by atoms with Crippen LogP contribution in [0.15, 0.2) is 4.73 Å². The Kier molecular flexibility index (Phi) is 2.38. The lowest BCUT2D eigenvalue weighted by Gasteiger charge is -2.04. The molecule has 0 saturated heterocycles. The van der Waals surface area contributed by atoms with E-state index < -0.39 is 0 Å². The Bertz CT molecular complexity index is 306. The molecule has 1 unspecified atom stereocenters. The fraction of sp³-hybridized carbons (Fsp3) is 0.750. The maximum absolute atomic E-state index is 9.25. The summed E-state index contributed by atoms with van der Waals surface area (Å²) in [5, 5.41) is 13.5. The first kappa shape index (κ1) is 9.15. The zero-order valence-corrected chi connectivity index (χ0v) is 9.03. The van der Waals surface area contributed by atoms with Crippen molar-refractivity contribution in [2.75, 3.05) is 0 Å². The third-order valence-electron chi connectivity index (χ3n) is 2.05. The van der Waals surface area contributed by atoms with Gasteiger partial charge in [0, 0.05) is 6.42 Å². The van der Waals surface area contributed by atoms with Gasteiger partial charge in [0.2, 0.25) is 4.73 Å². The molecular formula is C8H12BrN3O. The monoisotopic (exact) mass is 245 g/mol. The number of rotatable bonds is 3. The molecule has 4 nitrogen and oxygen atoms in total. The second-order valence-electron chi connectivity index (χ2n) is 3.53. The van der Waals surface area contributed by atoms with Crippen LogP contribution < -0.4 is 0 Å². The molecule has 0 bridgehead atoms. The van der Waals surface area contributed by atoms with Gasteiger partial charge < -0.3 is 5.11 Å². The van der Waals surface area contributed by atoms with Gasteiger partial charge in [-0.2, -0.15) is 0 Å². The lowest BCUT2D eigenvalue weighted by Crippen LogP contribution is -2.11. The fourth-order valence-electron chi connectivity index (χ4n) is 1.34. The summed E-state index contributed by atoms with van der Waals surface area (Å²) in [4.78, 5) is 4.22. The predicted octanol–water partition coefficient (Wildman–Crippen LogP) is 1.30. The molecule has 1 N–H and O–H groups in total. The molecule has 72 valence electrons. The van der Waals surface area contributed by atoms with E-state index in [0.717, 1.165) is 5.82 Å². The van der Waals surface area contributed by atoms with Gasteiger partial charge in [0.1, 0.15) is 5.82 Å². The lowest BCUT2D eigenvalue weighted by atomic mass is 10.3. The Hall–Kier alpha value is -0.420. The van der Waals surface area contributed by atoms with E-state index in [2.05, 4.69) is 26.0 Å². The topological polar surface area (TPSA) is 50.9 Å². The van der Waals surface area contributed by atoms with Crippen molar-refractivity contribution in [3.05, 3.63) is 10.6 Å². The van der Waals surface area contributed by atoms with E-state index in [-0.39, 0.29) is 6.10 Å². The van der Waals surface area contributed by atoms with E-state index in [0.29, 0.717) is 17.2 Å². The SMILES string of the molecule is CC(O)Cc1nc(Br)nn1C1CC1. The molecule has 0 aliphatic heterocycles. The van der Waals surface area contributed by atoms with Crippen molar-refractivity contribution in [1.82, 2.24) is 14.8 Å². The number of aromatic nitrogens is 3. The van der Waals surface area contributed by atoms with Crippen LogP contribution in [0.1, 0.15) is 31.6 Å². The molecule has 0 amide bonds. The normalized spacial score (nSPS) is 19.0. The summed E-state index contributed by atoms with van der Waals surface area (Å²) in [5.74, 6) is 0.879. The van der Waals surface area contributed by atoms with Gasteiger partial charge in [-0.15, -0.1) is 5.10 Å². The van der Waals surface area contributed by atoms with Crippen molar-refractivity contribution >= 4 is 15.9 Å². The van der Waals surface area contributed by atoms with Crippen molar-refractivity contribution in [3.8, 4) is 0 Å². The van der Waals surface area contributed by atoms with Crippen molar-refractivity contribution in [2.24, 2.45) is 0 Å². The van der Waals surface area contributed by atoms with Crippen molar-refractivity contribution in [3.63, 3.8) is 0 Å². The molecule has 0 radical (unpaired) electrons. The van der Waals surface area contributed by atoms with Crippen LogP contribution in [0.4, 0.5) is 0 Å². The second-order valence-corrected chi connectivity index (χ2v) is 4.24. The minimum absolute atomic E-state index is 0.353. The largest absolute Gasteiger partial charge is 0.393 e. The van der Waals surface area contributed by atoms with Gasteiger partial charge in [0.05, 0.1) is 12.1 Å². The molecule has 1 saturated carbocycles. The van der Waals surface area contributed by atoms with E-state index >= 15 is 0 Å². The Labute approximate surface area is 85.1 Å². The summed E-state index contributed by atoms with van der Waals surface area (Å²) in [5.41, 5.74) is 0. The third-order valence-corrected chi connectivity index (χ3v) is 2.38. The van der Waals surface area contributed by atoms with Crippen molar-refractivity contribution in [1.29, 1.82) is 0 Å². The summed E-state index contributed by atoms with van der Waals surface area (Å²) >= 11 is 3.24. The number of aliphatic hydroxyl groups excluding tert-OH is 1. The number of hydrogen-bond donors (Lipinski definition) is 1. The Morgan fingerprint density at radius 2 is 2.38 bits per heavy atom. The molecule has 0 aromatic carbocycles. The molecule has 1 fully saturated rings. The Morgan fingerprint density at radius 1 is 1.69 bits per heavy atom. The summed E-state index contributed by atoms with van der Waals surface area (Å²) in [6, 6.07) is 0.521. The predicted molar refractivity (Wildman–Crippen MR) is 51.4 cm³/mol. The number of nitrogens with zero attached hydrogens (tertiary/aromatic N) is 3. The van der Waals surface area contributed by atoms with Gasteiger partial charge in [-0.3, -0.25) is 0 Å². The zero-order chi connectivity index (χ0) is 9.42. The highest BCUT2D eigenvalue weighted by Gasteiger charge is 2.28. The number of halogens is 1. The van der Waals surface area contributed by atoms with E-state index in [1.54, 1.807) is 6.92 Å². The van der Waals surface area contributed by atoms with Crippen LogP contribution in [-0.4, -0.2) is 26.0 Å². The molecule has 1 aromatic rings. The van der Waals surface area contributed by atoms with Crippen LogP contribution in [0.25, 0.3) is 0 Å². The van der Waals surface area contributed by atoms with Crippen LogP contribution in [0.5, 0.6) is 0 Å². The van der Waals surface area contributed by atoms with E-state index in [9.17, 15) is 5.11 Å². The highest BCUT2D eigenvalue weighted by molar-refractivity contribution is 9.10. The van der Waals surface area contributed by atoms with Crippen LogP contribution >= 0.6 is 15.9 Å². The average molecular weight is 246 g/mol. The van der Waals surface area contributed by atoms with Gasteiger partial charge in [-0.25, -0.2) is 9.67 Å². The van der Waals surface area contributed by atoms with E-state index in [1.165, 1.54) is 12.8 Å². The highest BCUT2D eigenvalue weighted by Crippen LogP contribution is 2.35. The van der Waals surface area contributed by atoms with Gasteiger partial charge in [-0.1, -0.05) is 0 Å². The highest BCUT2D eigenvalue weighted by atomic mass is 79.9. The first-order valence-electron chi connectivity index (χ1n) is 4.46. The number of hydrogen-bond acceptors (Lipinski definition) is 3. The molecule has 5 heteroatoms. The van der Waals surface area contributed by atoms with Crippen LogP contribution in [0, 0.1) is 0 Å². The summed E-state index contributed by atoms with van der Waals surface area (Å²) in [6.07, 6.45) is 2.59. The van der Waals surface area contributed by atoms with E-state index in [4.69, 9.17) is 0 Å². The van der Waals surface area contributed by atoms with Crippen LogP contribution in [0.3, 0.4) is 0 Å². The Balaban J connectivity index is 2.21. The second kappa shape index (κ2) is 3.38. The maximum atomic E-state index is 9.25. The van der Waals surface area contributed by atoms with E-state index in [1.807, 2.05) is 4.68 Å². The molecule has 1 aliphatic carbocycles. The van der Waals surface area contributed by atoms with Gasteiger partial charge in [0.25, 0.3) is 0 Å².